The van der Waals surface area contributed by atoms with Gasteiger partial charge in [-0.05, 0) is 18.7 Å². The summed E-state index contributed by atoms with van der Waals surface area (Å²) in [6, 6.07) is 12.6. The highest BCUT2D eigenvalue weighted by Gasteiger charge is 2.26. The molecule has 7 heteroatoms. The molecule has 0 aliphatic carbocycles. The van der Waals surface area contributed by atoms with Gasteiger partial charge in [-0.3, -0.25) is 10.00 Å². The number of carbonyl (C=O) groups is 1. The Morgan fingerprint density at radius 2 is 2.08 bits per heavy atom. The third-order valence-electron chi connectivity index (χ3n) is 4.56. The van der Waals surface area contributed by atoms with E-state index in [0.717, 1.165) is 31.9 Å². The minimum atomic E-state index is -0.153. The van der Waals surface area contributed by atoms with Crippen molar-refractivity contribution in [3.05, 3.63) is 53.9 Å². The molecular weight excluding hydrogens is 316 g/mol. The second kappa shape index (κ2) is 8.64. The molecule has 3 rings (SSSR count). The fourth-order valence-corrected chi connectivity index (χ4v) is 3.15. The first-order chi connectivity index (χ1) is 12.2. The molecule has 1 saturated heterocycles. The number of likely N-dealkylation sites (N-methyl/N-ethyl adjacent to an activating group) is 1. The topological polar surface area (TPSA) is 76.3 Å². The van der Waals surface area contributed by atoms with Gasteiger partial charge in [0.05, 0.1) is 12.2 Å². The summed E-state index contributed by atoms with van der Waals surface area (Å²) in [4.78, 5) is 16.7. The van der Waals surface area contributed by atoms with Gasteiger partial charge < -0.3 is 15.5 Å². The summed E-state index contributed by atoms with van der Waals surface area (Å²) in [7, 11) is 2.16. The van der Waals surface area contributed by atoms with E-state index >= 15 is 0 Å². The SMILES string of the molecule is CN1CCN(CCNC(=O)NCc2ccn[nH]2)C(c2ccccc2)C1. The number of piperazine rings is 1. The summed E-state index contributed by atoms with van der Waals surface area (Å²) in [5, 5.41) is 12.4. The monoisotopic (exact) mass is 342 g/mol. The number of hydrogen-bond donors (Lipinski definition) is 3. The van der Waals surface area contributed by atoms with E-state index < -0.39 is 0 Å². The highest BCUT2D eigenvalue weighted by molar-refractivity contribution is 5.73. The van der Waals surface area contributed by atoms with E-state index in [4.69, 9.17) is 0 Å². The van der Waals surface area contributed by atoms with E-state index in [-0.39, 0.29) is 6.03 Å². The van der Waals surface area contributed by atoms with Crippen molar-refractivity contribution < 1.29 is 4.79 Å². The van der Waals surface area contributed by atoms with Crippen LogP contribution in [0.1, 0.15) is 17.3 Å². The lowest BCUT2D eigenvalue weighted by molar-refractivity contribution is 0.0911. The second-order valence-electron chi connectivity index (χ2n) is 6.42. The van der Waals surface area contributed by atoms with Crippen molar-refractivity contribution in [2.45, 2.75) is 12.6 Å². The fraction of sp³-hybridized carbons (Fsp3) is 0.444. The molecule has 2 heterocycles. The number of rotatable bonds is 6. The first-order valence-electron chi connectivity index (χ1n) is 8.70. The largest absolute Gasteiger partial charge is 0.337 e. The number of nitrogens with zero attached hydrogens (tertiary/aromatic N) is 3. The number of nitrogens with one attached hydrogen (secondary N) is 3. The smallest absolute Gasteiger partial charge is 0.315 e. The molecule has 25 heavy (non-hydrogen) atoms. The van der Waals surface area contributed by atoms with Crippen LogP contribution >= 0.6 is 0 Å². The normalized spacial score (nSPS) is 18.8. The van der Waals surface area contributed by atoms with Gasteiger partial charge in [0.2, 0.25) is 0 Å². The van der Waals surface area contributed by atoms with Crippen molar-refractivity contribution in [2.75, 3.05) is 39.8 Å². The standard InChI is InChI=1S/C18H26N6O/c1-23-11-12-24(17(14-23)15-5-3-2-4-6-15)10-9-19-18(25)20-13-16-7-8-21-22-16/h2-8,17H,9-14H2,1H3,(H,21,22)(H2,19,20,25). The third-order valence-corrected chi connectivity index (χ3v) is 4.56. The van der Waals surface area contributed by atoms with Gasteiger partial charge in [0.15, 0.2) is 0 Å². The average Bonchev–Trinajstić information content (AvgIpc) is 3.15. The van der Waals surface area contributed by atoms with Crippen molar-refractivity contribution in [1.82, 2.24) is 30.6 Å². The molecule has 134 valence electrons. The molecule has 1 aromatic heterocycles. The number of aromatic nitrogens is 2. The number of hydrogen-bond acceptors (Lipinski definition) is 4. The van der Waals surface area contributed by atoms with Crippen molar-refractivity contribution >= 4 is 6.03 Å². The molecule has 1 fully saturated rings. The minimum Gasteiger partial charge on any atom is -0.337 e. The van der Waals surface area contributed by atoms with Crippen molar-refractivity contribution in [3.8, 4) is 0 Å². The van der Waals surface area contributed by atoms with Crippen LogP contribution < -0.4 is 10.6 Å². The maximum Gasteiger partial charge on any atom is 0.315 e. The first-order valence-corrected chi connectivity index (χ1v) is 8.70. The Morgan fingerprint density at radius 3 is 2.84 bits per heavy atom. The quantitative estimate of drug-likeness (QED) is 0.737. The molecule has 1 aliphatic heterocycles. The Hall–Kier alpha value is -2.38. The average molecular weight is 342 g/mol. The molecule has 1 aromatic carbocycles. The molecule has 0 saturated carbocycles. The lowest BCUT2D eigenvalue weighted by Gasteiger charge is -2.40. The zero-order valence-electron chi connectivity index (χ0n) is 14.6. The number of amides is 2. The highest BCUT2D eigenvalue weighted by Crippen LogP contribution is 2.24. The van der Waals surface area contributed by atoms with Crippen LogP contribution in [0.4, 0.5) is 4.79 Å². The summed E-state index contributed by atoms with van der Waals surface area (Å²) < 4.78 is 0. The van der Waals surface area contributed by atoms with Gasteiger partial charge in [-0.25, -0.2) is 4.79 Å². The Morgan fingerprint density at radius 1 is 1.24 bits per heavy atom. The van der Waals surface area contributed by atoms with Gasteiger partial charge in [0.25, 0.3) is 0 Å². The summed E-state index contributed by atoms with van der Waals surface area (Å²) in [5.74, 6) is 0. The molecule has 2 amide bonds. The van der Waals surface area contributed by atoms with Gasteiger partial charge in [0.1, 0.15) is 0 Å². The summed E-state index contributed by atoms with van der Waals surface area (Å²) in [6.07, 6.45) is 1.67. The molecule has 3 N–H and O–H groups in total. The van der Waals surface area contributed by atoms with Crippen LogP contribution in [-0.4, -0.2) is 65.8 Å². The van der Waals surface area contributed by atoms with E-state index in [9.17, 15) is 4.79 Å². The lowest BCUT2D eigenvalue weighted by atomic mass is 10.0. The Balaban J connectivity index is 1.46. The van der Waals surface area contributed by atoms with E-state index in [0.29, 0.717) is 19.1 Å². The fourth-order valence-electron chi connectivity index (χ4n) is 3.15. The van der Waals surface area contributed by atoms with Gasteiger partial charge in [-0.1, -0.05) is 30.3 Å². The number of urea groups is 1. The molecule has 0 spiro atoms. The highest BCUT2D eigenvalue weighted by atomic mass is 16.2. The van der Waals surface area contributed by atoms with E-state index in [2.05, 4.69) is 61.9 Å². The zero-order chi connectivity index (χ0) is 17.5. The van der Waals surface area contributed by atoms with E-state index in [1.165, 1.54) is 5.56 Å². The Kier molecular flexibility index (Phi) is 6.03. The molecular formula is C18H26N6O. The van der Waals surface area contributed by atoms with Crippen molar-refractivity contribution in [1.29, 1.82) is 0 Å². The summed E-state index contributed by atoms with van der Waals surface area (Å²) >= 11 is 0. The lowest BCUT2D eigenvalue weighted by Crippen LogP contribution is -2.49. The predicted molar refractivity (Wildman–Crippen MR) is 97.1 cm³/mol. The zero-order valence-corrected chi connectivity index (χ0v) is 14.6. The maximum atomic E-state index is 11.9. The van der Waals surface area contributed by atoms with Crippen LogP contribution in [0.2, 0.25) is 0 Å². The second-order valence-corrected chi connectivity index (χ2v) is 6.42. The van der Waals surface area contributed by atoms with E-state index in [1.54, 1.807) is 6.20 Å². The molecule has 1 atom stereocenters. The molecule has 7 nitrogen and oxygen atoms in total. The third kappa shape index (κ3) is 5.04. The number of aromatic amines is 1. The molecule has 0 bridgehead atoms. The number of benzene rings is 1. The maximum absolute atomic E-state index is 11.9. The van der Waals surface area contributed by atoms with Crippen molar-refractivity contribution in [3.63, 3.8) is 0 Å². The van der Waals surface area contributed by atoms with Crippen LogP contribution in [0.25, 0.3) is 0 Å². The number of H-pyrrole nitrogens is 1. The number of carbonyl (C=O) groups excluding carboxylic acids is 1. The Bertz CT molecular complexity index is 645. The minimum absolute atomic E-state index is 0.153. The summed E-state index contributed by atoms with van der Waals surface area (Å²) in [5.41, 5.74) is 2.22. The molecule has 1 unspecified atom stereocenters. The van der Waals surface area contributed by atoms with Crippen molar-refractivity contribution in [2.24, 2.45) is 0 Å². The van der Waals surface area contributed by atoms with Crippen LogP contribution in [0, 0.1) is 0 Å². The van der Waals surface area contributed by atoms with Crippen LogP contribution in [0.5, 0.6) is 0 Å². The summed E-state index contributed by atoms with van der Waals surface area (Å²) in [6.45, 7) is 4.98. The van der Waals surface area contributed by atoms with Gasteiger partial charge in [-0.2, -0.15) is 5.10 Å². The molecule has 2 aromatic rings. The predicted octanol–water partition coefficient (Wildman–Crippen LogP) is 1.20. The molecule has 0 radical (unpaired) electrons. The van der Waals surface area contributed by atoms with E-state index in [1.807, 2.05) is 12.1 Å². The first kappa shape index (κ1) is 17.4. The van der Waals surface area contributed by atoms with Gasteiger partial charge in [-0.15, -0.1) is 0 Å². The molecule has 1 aliphatic rings. The van der Waals surface area contributed by atoms with Gasteiger partial charge >= 0.3 is 6.03 Å². The Labute approximate surface area is 148 Å². The van der Waals surface area contributed by atoms with Crippen LogP contribution in [0.3, 0.4) is 0 Å². The van der Waals surface area contributed by atoms with Crippen LogP contribution in [0.15, 0.2) is 42.6 Å². The van der Waals surface area contributed by atoms with Gasteiger partial charge in [0, 0.05) is 45.0 Å². The van der Waals surface area contributed by atoms with Crippen LogP contribution in [-0.2, 0) is 6.54 Å².